The summed E-state index contributed by atoms with van der Waals surface area (Å²) in [5.74, 6) is -0.308. The Balaban J connectivity index is 2.38. The molecule has 0 atom stereocenters. The molecule has 0 aliphatic heterocycles. The molecule has 0 aliphatic rings. The van der Waals surface area contributed by atoms with Crippen LogP contribution in [0.15, 0.2) is 28.2 Å². The fourth-order valence-corrected chi connectivity index (χ4v) is 3.60. The van der Waals surface area contributed by atoms with Crippen molar-refractivity contribution in [3.63, 3.8) is 0 Å². The Morgan fingerprint density at radius 2 is 1.81 bits per heavy atom. The van der Waals surface area contributed by atoms with Crippen LogP contribution in [0.5, 0.6) is 0 Å². The van der Waals surface area contributed by atoms with Crippen LogP contribution in [-0.4, -0.2) is 16.8 Å². The average Bonchev–Trinajstić information content (AvgIpc) is 2.72. The van der Waals surface area contributed by atoms with E-state index in [2.05, 4.69) is 20.9 Å². The first kappa shape index (κ1) is 16.1. The van der Waals surface area contributed by atoms with E-state index in [0.29, 0.717) is 21.2 Å². The summed E-state index contributed by atoms with van der Waals surface area (Å²) < 4.78 is 0.633. The molecule has 4 nitrogen and oxygen atoms in total. The summed E-state index contributed by atoms with van der Waals surface area (Å²) >= 11 is 10.6. The minimum absolute atomic E-state index is 0.349. The van der Waals surface area contributed by atoms with E-state index < -0.39 is 0 Å². The van der Waals surface area contributed by atoms with Crippen molar-refractivity contribution in [2.24, 2.45) is 0 Å². The highest BCUT2D eigenvalue weighted by Crippen LogP contribution is 2.32. The molecule has 0 radical (unpaired) electrons. The van der Waals surface area contributed by atoms with Gasteiger partial charge >= 0.3 is 0 Å². The molecule has 2 rings (SSSR count). The van der Waals surface area contributed by atoms with Crippen LogP contribution in [0.3, 0.4) is 0 Å². The van der Waals surface area contributed by atoms with Gasteiger partial charge in [0.05, 0.1) is 4.88 Å². The van der Waals surface area contributed by atoms with Crippen LogP contribution < -0.4 is 4.90 Å². The van der Waals surface area contributed by atoms with Gasteiger partial charge in [0, 0.05) is 25.3 Å². The van der Waals surface area contributed by atoms with Gasteiger partial charge in [0.25, 0.3) is 0 Å². The van der Waals surface area contributed by atoms with E-state index in [9.17, 15) is 9.59 Å². The predicted molar refractivity (Wildman–Crippen MR) is 87.9 cm³/mol. The number of carbonyl (C=O) groups excluding carboxylic acids is 2. The van der Waals surface area contributed by atoms with Gasteiger partial charge in [0.15, 0.2) is 9.73 Å². The third-order valence-corrected chi connectivity index (χ3v) is 4.52. The largest absolute Gasteiger partial charge is 0.274 e. The number of amides is 2. The summed E-state index contributed by atoms with van der Waals surface area (Å²) in [5.41, 5.74) is 1.03. The van der Waals surface area contributed by atoms with Gasteiger partial charge in [-0.15, -0.1) is 11.3 Å². The zero-order valence-electron chi connectivity index (χ0n) is 11.4. The summed E-state index contributed by atoms with van der Waals surface area (Å²) in [6.07, 6.45) is 0.576. The Bertz CT molecular complexity index is 671. The molecule has 0 saturated carbocycles. The van der Waals surface area contributed by atoms with Crippen LogP contribution in [0.25, 0.3) is 0 Å². The smallest absolute Gasteiger partial charge is 0.231 e. The van der Waals surface area contributed by atoms with E-state index in [1.54, 1.807) is 12.1 Å². The number of nitrogens with zero attached hydrogens (tertiary/aromatic N) is 2. The molecular formula is C14H12BrClN2O2S. The molecular weight excluding hydrogens is 376 g/mol. The third-order valence-electron chi connectivity index (χ3n) is 2.77. The number of halogens is 2. The lowest BCUT2D eigenvalue weighted by Crippen LogP contribution is -2.34. The number of thiazole rings is 1. The van der Waals surface area contributed by atoms with Crippen molar-refractivity contribution in [2.75, 3.05) is 4.90 Å². The highest BCUT2D eigenvalue weighted by Gasteiger charge is 2.23. The van der Waals surface area contributed by atoms with Crippen LogP contribution in [0.2, 0.25) is 5.02 Å². The van der Waals surface area contributed by atoms with E-state index in [1.165, 1.54) is 25.2 Å². The fourth-order valence-electron chi connectivity index (χ4n) is 1.91. The van der Waals surface area contributed by atoms with Crippen molar-refractivity contribution in [2.45, 2.75) is 20.3 Å². The summed E-state index contributed by atoms with van der Waals surface area (Å²) in [6.45, 7) is 2.70. The van der Waals surface area contributed by atoms with Crippen molar-refractivity contribution in [3.05, 3.63) is 43.6 Å². The molecule has 21 heavy (non-hydrogen) atoms. The summed E-state index contributed by atoms with van der Waals surface area (Å²) in [5, 5.41) is 0.665. The molecule has 110 valence electrons. The highest BCUT2D eigenvalue weighted by molar-refractivity contribution is 9.11. The Labute approximate surface area is 139 Å². The lowest BCUT2D eigenvalue weighted by Gasteiger charge is -2.16. The number of anilines is 1. The van der Waals surface area contributed by atoms with Crippen LogP contribution in [0.4, 0.5) is 5.82 Å². The van der Waals surface area contributed by atoms with Crippen LogP contribution >= 0.6 is 38.9 Å². The second kappa shape index (κ2) is 6.68. The Kier molecular flexibility index (Phi) is 5.13. The maximum Gasteiger partial charge on any atom is 0.231 e. The summed E-state index contributed by atoms with van der Waals surface area (Å²) in [7, 11) is 0. The van der Waals surface area contributed by atoms with Gasteiger partial charge in [-0.05, 0) is 33.6 Å². The highest BCUT2D eigenvalue weighted by atomic mass is 79.9. The summed E-state index contributed by atoms with van der Waals surface area (Å²) in [6, 6.07) is 7.43. The number of imide groups is 1. The van der Waals surface area contributed by atoms with E-state index in [4.69, 9.17) is 11.6 Å². The number of carbonyl (C=O) groups is 2. The molecule has 1 heterocycles. The fraction of sp³-hybridized carbons (Fsp3) is 0.214. The number of hydrogen-bond acceptors (Lipinski definition) is 4. The lowest BCUT2D eigenvalue weighted by atomic mass is 10.1. The molecule has 0 unspecified atom stereocenters. The molecule has 0 aliphatic carbocycles. The molecule has 0 fully saturated rings. The van der Waals surface area contributed by atoms with Crippen LogP contribution in [-0.2, 0) is 16.0 Å². The van der Waals surface area contributed by atoms with Crippen molar-refractivity contribution in [1.29, 1.82) is 0 Å². The first-order valence-corrected chi connectivity index (χ1v) is 8.08. The van der Waals surface area contributed by atoms with Crippen molar-refractivity contribution in [3.8, 4) is 0 Å². The maximum absolute atomic E-state index is 11.7. The second-order valence-corrected chi connectivity index (χ2v) is 7.19. The van der Waals surface area contributed by atoms with Gasteiger partial charge in [0.2, 0.25) is 11.8 Å². The number of rotatable bonds is 3. The monoisotopic (exact) mass is 386 g/mol. The molecule has 0 spiro atoms. The Hall–Kier alpha value is -1.24. The van der Waals surface area contributed by atoms with E-state index in [-0.39, 0.29) is 11.8 Å². The first-order chi connectivity index (χ1) is 9.88. The van der Waals surface area contributed by atoms with Gasteiger partial charge < -0.3 is 0 Å². The molecule has 2 amide bonds. The minimum atomic E-state index is -0.349. The number of benzene rings is 1. The van der Waals surface area contributed by atoms with Crippen LogP contribution in [0.1, 0.15) is 24.3 Å². The topological polar surface area (TPSA) is 50.3 Å². The minimum Gasteiger partial charge on any atom is -0.274 e. The quantitative estimate of drug-likeness (QED) is 0.798. The molecule has 0 bridgehead atoms. The maximum atomic E-state index is 11.7. The SMILES string of the molecule is CC(=O)N(C(C)=O)c1nc(Br)sc1Cc1ccc(Cl)cc1. The standard InChI is InChI=1S/C14H12BrClN2O2S/c1-8(19)18(9(2)20)13-12(21-14(15)17-13)7-10-3-5-11(16)6-4-10/h3-6H,7H2,1-2H3. The zero-order valence-corrected chi connectivity index (χ0v) is 14.6. The first-order valence-electron chi connectivity index (χ1n) is 6.09. The molecule has 1 aromatic heterocycles. The third kappa shape index (κ3) is 3.90. The Morgan fingerprint density at radius 1 is 1.24 bits per heavy atom. The van der Waals surface area contributed by atoms with Crippen molar-refractivity contribution < 1.29 is 9.59 Å². The average molecular weight is 388 g/mol. The zero-order chi connectivity index (χ0) is 15.6. The molecule has 0 saturated heterocycles. The summed E-state index contributed by atoms with van der Waals surface area (Å²) in [4.78, 5) is 29.6. The molecule has 1 aromatic carbocycles. The van der Waals surface area contributed by atoms with Gasteiger partial charge in [-0.3, -0.25) is 9.59 Å². The second-order valence-electron chi connectivity index (χ2n) is 4.39. The van der Waals surface area contributed by atoms with Crippen molar-refractivity contribution in [1.82, 2.24) is 4.98 Å². The molecule has 7 heteroatoms. The number of aromatic nitrogens is 1. The van der Waals surface area contributed by atoms with Gasteiger partial charge in [-0.2, -0.15) is 0 Å². The number of hydrogen-bond donors (Lipinski definition) is 0. The molecule has 2 aromatic rings. The van der Waals surface area contributed by atoms with Crippen LogP contribution in [0, 0.1) is 0 Å². The van der Waals surface area contributed by atoms with Gasteiger partial charge in [-0.25, -0.2) is 9.88 Å². The van der Waals surface area contributed by atoms with Crippen molar-refractivity contribution >= 4 is 56.5 Å². The van der Waals surface area contributed by atoms with E-state index in [0.717, 1.165) is 15.3 Å². The Morgan fingerprint density at radius 3 is 2.33 bits per heavy atom. The predicted octanol–water partition coefficient (Wildman–Crippen LogP) is 4.05. The normalized spacial score (nSPS) is 10.5. The van der Waals surface area contributed by atoms with Gasteiger partial charge in [-0.1, -0.05) is 23.7 Å². The van der Waals surface area contributed by atoms with Gasteiger partial charge in [0.1, 0.15) is 0 Å². The molecule has 0 N–H and O–H groups in total. The lowest BCUT2D eigenvalue weighted by molar-refractivity contribution is -0.124. The van der Waals surface area contributed by atoms with E-state index in [1.807, 2.05) is 12.1 Å². The van der Waals surface area contributed by atoms with E-state index >= 15 is 0 Å².